The molecule has 0 saturated carbocycles. The minimum Gasteiger partial charge on any atom is -0.457 e. The summed E-state index contributed by atoms with van der Waals surface area (Å²) in [6.45, 7) is 11.4. The number of methoxy groups -OCH3 is 1. The van der Waals surface area contributed by atoms with Crippen molar-refractivity contribution in [3.8, 4) is 28.4 Å². The predicted molar refractivity (Wildman–Crippen MR) is 181 cm³/mol. The zero-order valence-electron chi connectivity index (χ0n) is 28.2. The van der Waals surface area contributed by atoms with Crippen molar-refractivity contribution in [3.63, 3.8) is 0 Å². The molecule has 1 unspecified atom stereocenters. The summed E-state index contributed by atoms with van der Waals surface area (Å²) in [4.78, 5) is 47.1. The van der Waals surface area contributed by atoms with Crippen LogP contribution in [0.15, 0.2) is 103 Å². The maximum Gasteiger partial charge on any atom is 0.346 e. The van der Waals surface area contributed by atoms with Crippen molar-refractivity contribution in [1.29, 1.82) is 0 Å². The van der Waals surface area contributed by atoms with Gasteiger partial charge in [-0.3, -0.25) is 0 Å². The number of esters is 4. The average Bonchev–Trinajstić information content (AvgIpc) is 3.37. The third-order valence-corrected chi connectivity index (χ3v) is 7.36. The van der Waals surface area contributed by atoms with E-state index in [-0.39, 0.29) is 46.7 Å². The molecule has 0 bridgehead atoms. The summed E-state index contributed by atoms with van der Waals surface area (Å²) >= 11 is 0. The van der Waals surface area contributed by atoms with Gasteiger partial charge in [0.25, 0.3) is 0 Å². The molecule has 0 saturated heterocycles. The maximum atomic E-state index is 14.7. The molecule has 0 amide bonds. The van der Waals surface area contributed by atoms with E-state index in [0.29, 0.717) is 5.57 Å². The number of halogens is 2. The van der Waals surface area contributed by atoms with Crippen LogP contribution < -0.4 is 14.2 Å². The number of carbonyl (C=O) groups excluding carboxylic acids is 4. The third-order valence-electron chi connectivity index (χ3n) is 7.36. The van der Waals surface area contributed by atoms with Gasteiger partial charge < -0.3 is 28.4 Å². The van der Waals surface area contributed by atoms with E-state index in [4.69, 9.17) is 18.9 Å². The Balaban J connectivity index is 0.000000573. The minimum absolute atomic E-state index is 0.00824. The van der Waals surface area contributed by atoms with E-state index >= 15 is 0 Å². The highest BCUT2D eigenvalue weighted by Gasteiger charge is 2.28. The van der Waals surface area contributed by atoms with Crippen LogP contribution in [0, 0.1) is 11.6 Å². The van der Waals surface area contributed by atoms with Crippen LogP contribution in [0.2, 0.25) is 0 Å². The van der Waals surface area contributed by atoms with E-state index in [0.717, 1.165) is 28.3 Å². The van der Waals surface area contributed by atoms with Crippen LogP contribution in [0.25, 0.3) is 11.1 Å². The first-order valence-electron chi connectivity index (χ1n) is 15.3. The van der Waals surface area contributed by atoms with Crippen molar-refractivity contribution in [2.24, 2.45) is 0 Å². The SMILES string of the molecule is C=C(C)C(=O)OCOC.C=C(C)C(=O)OCOc1ccc(C(=O)Oc2ccc3c(c2)C(C)c2cc(OC(=O)c4ccccc4F)ccc2-3)c(F)c1. The minimum atomic E-state index is -0.904. The molecule has 0 aliphatic heterocycles. The number of hydrogen-bond acceptors (Lipinski definition) is 10. The van der Waals surface area contributed by atoms with Crippen LogP contribution in [-0.4, -0.2) is 44.6 Å². The van der Waals surface area contributed by atoms with Crippen LogP contribution in [0.4, 0.5) is 8.78 Å². The highest BCUT2D eigenvalue weighted by Crippen LogP contribution is 2.47. The fourth-order valence-electron chi connectivity index (χ4n) is 4.80. The highest BCUT2D eigenvalue weighted by molar-refractivity contribution is 5.93. The standard InChI is InChI=1S/C33H24F2O7.C6H10O3/c1-18(2)31(36)40-17-39-20-8-13-26(30(35)16-20)33(38)42-22-10-12-24-23-11-9-21(14-27(23)19(3)28(24)15-22)41-32(37)25-6-4-5-7-29(25)34;1-5(2)6(7)9-4-8-3/h4-16,19H,1,17H2,2-3H3;1,4H2,2-3H3. The van der Waals surface area contributed by atoms with E-state index in [2.05, 4.69) is 22.6 Å². The normalized spacial score (nSPS) is 12.2. The monoisotopic (exact) mass is 700 g/mol. The number of fused-ring (bicyclic) bond motifs is 3. The topological polar surface area (TPSA) is 124 Å². The summed E-state index contributed by atoms with van der Waals surface area (Å²) in [5.41, 5.74) is 3.67. The Morgan fingerprint density at radius 1 is 0.647 bits per heavy atom. The summed E-state index contributed by atoms with van der Waals surface area (Å²) in [6, 6.07) is 19.4. The van der Waals surface area contributed by atoms with Crippen molar-refractivity contribution in [1.82, 2.24) is 0 Å². The van der Waals surface area contributed by atoms with E-state index in [1.165, 1.54) is 44.4 Å². The third kappa shape index (κ3) is 9.52. The number of ether oxygens (including phenoxy) is 6. The van der Waals surface area contributed by atoms with E-state index in [1.54, 1.807) is 43.3 Å². The van der Waals surface area contributed by atoms with Gasteiger partial charge in [-0.15, -0.1) is 0 Å². The molecular formula is C39H34F2O10. The van der Waals surface area contributed by atoms with Crippen LogP contribution in [0.5, 0.6) is 17.2 Å². The van der Waals surface area contributed by atoms with Crippen LogP contribution in [0.1, 0.15) is 58.5 Å². The maximum absolute atomic E-state index is 14.7. The van der Waals surface area contributed by atoms with Crippen LogP contribution >= 0.6 is 0 Å². The Bertz CT molecular complexity index is 2000. The van der Waals surface area contributed by atoms with Gasteiger partial charge in [-0.05, 0) is 84.6 Å². The molecule has 0 radical (unpaired) electrons. The first-order valence-corrected chi connectivity index (χ1v) is 15.3. The fraction of sp³-hybridized carbons (Fsp3) is 0.179. The van der Waals surface area contributed by atoms with E-state index < -0.39 is 42.3 Å². The molecule has 4 aromatic rings. The lowest BCUT2D eigenvalue weighted by Crippen LogP contribution is -2.12. The fourth-order valence-corrected chi connectivity index (χ4v) is 4.80. The summed E-state index contributed by atoms with van der Waals surface area (Å²) < 4.78 is 58.5. The van der Waals surface area contributed by atoms with Gasteiger partial charge in [0, 0.05) is 30.2 Å². The second-order valence-electron chi connectivity index (χ2n) is 11.2. The summed E-state index contributed by atoms with van der Waals surface area (Å²) in [7, 11) is 1.45. The predicted octanol–water partition coefficient (Wildman–Crippen LogP) is 7.70. The molecule has 1 atom stereocenters. The van der Waals surface area contributed by atoms with Gasteiger partial charge in [-0.25, -0.2) is 28.0 Å². The van der Waals surface area contributed by atoms with Gasteiger partial charge in [0.15, 0.2) is 6.79 Å². The smallest absolute Gasteiger partial charge is 0.346 e. The van der Waals surface area contributed by atoms with E-state index in [9.17, 15) is 28.0 Å². The molecule has 4 aromatic carbocycles. The van der Waals surface area contributed by atoms with Gasteiger partial charge in [0.2, 0.25) is 6.79 Å². The highest BCUT2D eigenvalue weighted by atomic mass is 19.1. The molecular weight excluding hydrogens is 666 g/mol. The molecule has 10 nitrogen and oxygen atoms in total. The van der Waals surface area contributed by atoms with Crippen molar-refractivity contribution in [2.75, 3.05) is 20.7 Å². The zero-order valence-corrected chi connectivity index (χ0v) is 28.2. The Morgan fingerprint density at radius 2 is 1.14 bits per heavy atom. The Kier molecular flexibility index (Phi) is 12.6. The molecule has 0 N–H and O–H groups in total. The molecule has 0 aromatic heterocycles. The van der Waals surface area contributed by atoms with Gasteiger partial charge >= 0.3 is 23.9 Å². The average molecular weight is 701 g/mol. The lowest BCUT2D eigenvalue weighted by atomic mass is 9.99. The van der Waals surface area contributed by atoms with Gasteiger partial charge in [0.05, 0.1) is 11.1 Å². The summed E-state index contributed by atoms with van der Waals surface area (Å²) in [5, 5.41) is 0. The number of carbonyl (C=O) groups is 4. The molecule has 0 spiro atoms. The molecule has 1 aliphatic rings. The molecule has 0 heterocycles. The molecule has 0 fully saturated rings. The van der Waals surface area contributed by atoms with Crippen LogP contribution in [-0.2, 0) is 23.8 Å². The molecule has 12 heteroatoms. The number of benzene rings is 4. The lowest BCUT2D eigenvalue weighted by molar-refractivity contribution is -0.149. The van der Waals surface area contributed by atoms with E-state index in [1.807, 2.05) is 13.0 Å². The van der Waals surface area contributed by atoms with Crippen molar-refractivity contribution >= 4 is 23.9 Å². The molecule has 51 heavy (non-hydrogen) atoms. The summed E-state index contributed by atoms with van der Waals surface area (Å²) in [6.07, 6.45) is 0. The number of hydrogen-bond donors (Lipinski definition) is 0. The van der Waals surface area contributed by atoms with Crippen molar-refractivity contribution in [2.45, 2.75) is 26.7 Å². The number of rotatable bonds is 11. The van der Waals surface area contributed by atoms with Crippen LogP contribution in [0.3, 0.4) is 0 Å². The van der Waals surface area contributed by atoms with Crippen molar-refractivity contribution < 1.29 is 56.4 Å². The lowest BCUT2D eigenvalue weighted by Gasteiger charge is -2.11. The van der Waals surface area contributed by atoms with Gasteiger partial charge in [-0.2, -0.15) is 0 Å². The summed E-state index contributed by atoms with van der Waals surface area (Å²) in [5.74, 6) is -3.92. The second kappa shape index (κ2) is 17.0. The second-order valence-corrected chi connectivity index (χ2v) is 11.2. The Morgan fingerprint density at radius 3 is 1.63 bits per heavy atom. The van der Waals surface area contributed by atoms with Crippen molar-refractivity contribution in [3.05, 3.63) is 137 Å². The Labute approximate surface area is 292 Å². The molecule has 264 valence electrons. The quantitative estimate of drug-likeness (QED) is 0.0666. The van der Waals surface area contributed by atoms with Gasteiger partial charge in [-0.1, -0.05) is 44.3 Å². The molecule has 5 rings (SSSR count). The first kappa shape index (κ1) is 37.7. The Hall–Kier alpha value is -6.14. The largest absolute Gasteiger partial charge is 0.457 e. The zero-order chi connectivity index (χ0) is 37.2. The van der Waals surface area contributed by atoms with Gasteiger partial charge in [0.1, 0.15) is 28.9 Å². The first-order chi connectivity index (χ1) is 24.3. The molecule has 1 aliphatic carbocycles.